The Balaban J connectivity index is 1.53. The fraction of sp³-hybridized carbons (Fsp3) is 0.0909. The maximum atomic E-state index is 14.0. The van der Waals surface area contributed by atoms with Crippen LogP contribution in [0, 0.1) is 0 Å². The monoisotopic (exact) mass is 439 g/mol. The van der Waals surface area contributed by atoms with Gasteiger partial charge in [-0.15, -0.1) is 11.3 Å². The van der Waals surface area contributed by atoms with Crippen molar-refractivity contribution in [3.8, 4) is 16.4 Å². The van der Waals surface area contributed by atoms with Crippen LogP contribution in [0.25, 0.3) is 33.5 Å². The fourth-order valence-corrected chi connectivity index (χ4v) is 4.48. The lowest BCUT2D eigenvalue weighted by Gasteiger charge is -2.03. The highest BCUT2D eigenvalue weighted by atomic mass is 32.1. The van der Waals surface area contributed by atoms with Gasteiger partial charge in [0.1, 0.15) is 22.6 Å². The number of nitrogens with one attached hydrogen (secondary N) is 1. The molecule has 5 rings (SSSR count). The number of fused-ring (bicyclic) bond motifs is 2. The van der Waals surface area contributed by atoms with Crippen LogP contribution in [0.4, 0.5) is 10.1 Å². The van der Waals surface area contributed by atoms with Crippen molar-refractivity contribution in [1.82, 2.24) is 0 Å². The van der Waals surface area contributed by atoms with Crippen LogP contribution in [-0.4, -0.2) is 22.1 Å². The van der Waals surface area contributed by atoms with Crippen molar-refractivity contribution in [3.05, 3.63) is 57.7 Å². The molecule has 0 fully saturated rings. The van der Waals surface area contributed by atoms with Gasteiger partial charge in [-0.2, -0.15) is 0 Å². The van der Waals surface area contributed by atoms with Crippen molar-refractivity contribution < 1.29 is 33.0 Å². The summed E-state index contributed by atoms with van der Waals surface area (Å²) in [5.41, 5.74) is 0.437. The number of carbonyl (C=O) groups is 2. The number of amides is 1. The zero-order valence-corrected chi connectivity index (χ0v) is 16.6. The molecule has 0 saturated carbocycles. The van der Waals surface area contributed by atoms with Crippen LogP contribution in [0.5, 0.6) is 5.75 Å². The number of hydrogen-bond donors (Lipinski definition) is 3. The molecular formula is C22H14FNO6S. The molecule has 0 radical (unpaired) electrons. The molecule has 31 heavy (non-hydrogen) atoms. The standard InChI is InChI=1S/C22H14FNO6S/c23-12-4-2-6-15-11(12)8-17(29-15)21(26)24-13-9-31-20(18(13)22(27)28)16-7-10-3-1-5-14(25)19(10)30-16/h1,3,5-9,25H,2,4H2,(H,24,26)(H,27,28). The Morgan fingerprint density at radius 2 is 2.03 bits per heavy atom. The lowest BCUT2D eigenvalue weighted by molar-refractivity contribution is 0.0699. The van der Waals surface area contributed by atoms with E-state index >= 15 is 0 Å². The number of carboxylic acid groups (broad SMARTS) is 1. The minimum atomic E-state index is -1.26. The number of aromatic hydroxyl groups is 1. The fourth-order valence-electron chi connectivity index (χ4n) is 3.53. The lowest BCUT2D eigenvalue weighted by Crippen LogP contribution is -2.23. The molecule has 1 amide bonds. The second kappa shape index (κ2) is 7.13. The van der Waals surface area contributed by atoms with Crippen molar-refractivity contribution in [1.29, 1.82) is 0 Å². The van der Waals surface area contributed by atoms with Crippen LogP contribution < -0.4 is 16.0 Å². The largest absolute Gasteiger partial charge is 0.504 e. The number of rotatable bonds is 4. The van der Waals surface area contributed by atoms with Gasteiger partial charge in [-0.1, -0.05) is 12.1 Å². The molecule has 0 atom stereocenters. The second-order valence-electron chi connectivity index (χ2n) is 6.96. The van der Waals surface area contributed by atoms with E-state index in [2.05, 4.69) is 5.32 Å². The quantitative estimate of drug-likeness (QED) is 0.442. The van der Waals surface area contributed by atoms with E-state index in [1.165, 1.54) is 17.5 Å². The number of phenolic OH excluding ortho intramolecular Hbond substituents is 1. The summed E-state index contributed by atoms with van der Waals surface area (Å²) in [6, 6.07) is 7.77. The minimum Gasteiger partial charge on any atom is -0.504 e. The molecule has 1 aliphatic rings. The van der Waals surface area contributed by atoms with Gasteiger partial charge < -0.3 is 24.4 Å². The molecule has 0 unspecified atom stereocenters. The smallest absolute Gasteiger partial charge is 0.339 e. The number of thiophene rings is 1. The van der Waals surface area contributed by atoms with Crippen LogP contribution in [0.15, 0.2) is 44.5 Å². The number of aromatic carboxylic acids is 1. The molecular weight excluding hydrogens is 425 g/mol. The average molecular weight is 439 g/mol. The molecule has 0 saturated heterocycles. The summed E-state index contributed by atoms with van der Waals surface area (Å²) in [7, 11) is 0. The SMILES string of the molecule is O=C(Nc1csc(-c2cc3cccc(O)c3o2)c1C(=O)O)c1cc2c(o1)=CCCC=2F. The predicted molar refractivity (Wildman–Crippen MR) is 112 cm³/mol. The number of para-hydroxylation sites is 1. The van der Waals surface area contributed by atoms with Crippen molar-refractivity contribution in [2.75, 3.05) is 5.32 Å². The van der Waals surface area contributed by atoms with Crippen LogP contribution in [0.3, 0.4) is 0 Å². The molecule has 1 aromatic carbocycles. The molecule has 0 aliphatic heterocycles. The van der Waals surface area contributed by atoms with Gasteiger partial charge in [0, 0.05) is 23.3 Å². The zero-order chi connectivity index (χ0) is 21.7. The number of halogens is 1. The molecule has 3 heterocycles. The summed E-state index contributed by atoms with van der Waals surface area (Å²) in [6.07, 6.45) is 2.44. The Hall–Kier alpha value is -3.85. The number of furan rings is 2. The van der Waals surface area contributed by atoms with Crippen LogP contribution in [-0.2, 0) is 0 Å². The Labute approximate surface area is 177 Å². The van der Waals surface area contributed by atoms with E-state index in [0.717, 1.165) is 11.3 Å². The maximum absolute atomic E-state index is 14.0. The van der Waals surface area contributed by atoms with E-state index in [0.29, 0.717) is 17.2 Å². The topological polar surface area (TPSA) is 113 Å². The Bertz CT molecular complexity index is 1490. The maximum Gasteiger partial charge on any atom is 0.339 e. The Kier molecular flexibility index (Phi) is 4.40. The first-order valence-electron chi connectivity index (χ1n) is 9.29. The highest BCUT2D eigenvalue weighted by Crippen LogP contribution is 2.40. The zero-order valence-electron chi connectivity index (χ0n) is 15.8. The number of carboxylic acids is 1. The Morgan fingerprint density at radius 1 is 1.19 bits per heavy atom. The molecule has 3 aromatic heterocycles. The number of phenols is 1. The van der Waals surface area contributed by atoms with E-state index in [1.54, 1.807) is 24.3 Å². The summed E-state index contributed by atoms with van der Waals surface area (Å²) >= 11 is 1.07. The van der Waals surface area contributed by atoms with Crippen LogP contribution >= 0.6 is 11.3 Å². The van der Waals surface area contributed by atoms with Crippen molar-refractivity contribution in [2.45, 2.75) is 12.8 Å². The van der Waals surface area contributed by atoms with Crippen LogP contribution in [0.2, 0.25) is 0 Å². The summed E-state index contributed by atoms with van der Waals surface area (Å²) < 4.78 is 25.1. The third-order valence-corrected chi connectivity index (χ3v) is 5.97. The number of anilines is 1. The summed E-state index contributed by atoms with van der Waals surface area (Å²) in [5, 5.41) is 24.6. The first kappa shape index (κ1) is 19.1. The first-order valence-corrected chi connectivity index (χ1v) is 10.2. The third-order valence-electron chi connectivity index (χ3n) is 4.97. The Morgan fingerprint density at radius 3 is 2.77 bits per heavy atom. The van der Waals surface area contributed by atoms with Gasteiger partial charge in [-0.3, -0.25) is 4.79 Å². The predicted octanol–water partition coefficient (Wildman–Crippen LogP) is 4.06. The molecule has 0 bridgehead atoms. The molecule has 0 spiro atoms. The molecule has 156 valence electrons. The number of hydrogen-bond acceptors (Lipinski definition) is 6. The van der Waals surface area contributed by atoms with Crippen molar-refractivity contribution in [2.24, 2.45) is 0 Å². The summed E-state index contributed by atoms with van der Waals surface area (Å²) in [6.45, 7) is 0. The normalized spacial score (nSPS) is 13.1. The highest BCUT2D eigenvalue weighted by molar-refractivity contribution is 7.14. The molecule has 1 aliphatic carbocycles. The minimum absolute atomic E-state index is 0.0602. The van der Waals surface area contributed by atoms with Crippen molar-refractivity contribution in [3.63, 3.8) is 0 Å². The third kappa shape index (κ3) is 3.19. The van der Waals surface area contributed by atoms with Gasteiger partial charge in [0.15, 0.2) is 17.1 Å². The molecule has 4 aromatic rings. The summed E-state index contributed by atoms with van der Waals surface area (Å²) in [5.74, 6) is -2.23. The second-order valence-corrected chi connectivity index (χ2v) is 7.83. The van der Waals surface area contributed by atoms with E-state index in [4.69, 9.17) is 8.83 Å². The highest BCUT2D eigenvalue weighted by Gasteiger charge is 2.25. The summed E-state index contributed by atoms with van der Waals surface area (Å²) in [4.78, 5) is 24.9. The van der Waals surface area contributed by atoms with Crippen molar-refractivity contribution >= 4 is 51.8 Å². The van der Waals surface area contributed by atoms with Gasteiger partial charge >= 0.3 is 5.97 Å². The van der Waals surface area contributed by atoms with E-state index in [1.807, 2.05) is 0 Å². The average Bonchev–Trinajstić information content (AvgIpc) is 3.44. The van der Waals surface area contributed by atoms with Gasteiger partial charge in [-0.25, -0.2) is 9.18 Å². The van der Waals surface area contributed by atoms with E-state index in [-0.39, 0.29) is 56.4 Å². The van der Waals surface area contributed by atoms with Gasteiger partial charge in [0.05, 0.1) is 15.8 Å². The lowest BCUT2D eigenvalue weighted by atomic mass is 10.1. The van der Waals surface area contributed by atoms with Crippen LogP contribution in [0.1, 0.15) is 33.8 Å². The van der Waals surface area contributed by atoms with E-state index in [9.17, 15) is 24.2 Å². The molecule has 9 heteroatoms. The molecule has 3 N–H and O–H groups in total. The van der Waals surface area contributed by atoms with E-state index < -0.39 is 11.9 Å². The number of benzene rings is 1. The number of carbonyl (C=O) groups excluding carboxylic acids is 1. The van der Waals surface area contributed by atoms with Gasteiger partial charge in [0.2, 0.25) is 0 Å². The molecule has 7 nitrogen and oxygen atoms in total. The van der Waals surface area contributed by atoms with Gasteiger partial charge in [-0.05, 0) is 24.6 Å². The van der Waals surface area contributed by atoms with Gasteiger partial charge in [0.25, 0.3) is 5.91 Å². The first-order chi connectivity index (χ1) is 14.9.